The van der Waals surface area contributed by atoms with Crippen LogP contribution in [0.15, 0.2) is 48.5 Å². The Kier molecular flexibility index (Phi) is 5.26. The monoisotopic (exact) mass is 383 g/mol. The molecule has 1 aliphatic heterocycles. The van der Waals surface area contributed by atoms with Crippen molar-refractivity contribution < 1.29 is 4.79 Å². The molecular formula is C20H18ClN3OS. The number of hydrogen-bond acceptors (Lipinski definition) is 3. The second kappa shape index (κ2) is 7.45. The Labute approximate surface area is 163 Å². The Morgan fingerprint density at radius 3 is 2.58 bits per heavy atom. The van der Waals surface area contributed by atoms with Gasteiger partial charge in [0.1, 0.15) is 6.07 Å². The van der Waals surface area contributed by atoms with Gasteiger partial charge in [-0.1, -0.05) is 41.9 Å². The van der Waals surface area contributed by atoms with Crippen LogP contribution in [0.25, 0.3) is 0 Å². The van der Waals surface area contributed by atoms with Crippen LogP contribution in [0.2, 0.25) is 5.02 Å². The van der Waals surface area contributed by atoms with E-state index in [-0.39, 0.29) is 18.0 Å². The van der Waals surface area contributed by atoms with Crippen LogP contribution >= 0.6 is 23.8 Å². The number of rotatable bonds is 3. The summed E-state index contributed by atoms with van der Waals surface area (Å²) < 4.78 is 0. The maximum Gasteiger partial charge on any atom is 0.235 e. The van der Waals surface area contributed by atoms with E-state index in [0.717, 1.165) is 5.56 Å². The molecule has 132 valence electrons. The summed E-state index contributed by atoms with van der Waals surface area (Å²) >= 11 is 11.8. The normalized spacial score (nSPS) is 18.6. The van der Waals surface area contributed by atoms with Gasteiger partial charge in [-0.2, -0.15) is 5.26 Å². The molecule has 0 aliphatic carbocycles. The van der Waals surface area contributed by atoms with Gasteiger partial charge in [-0.3, -0.25) is 9.69 Å². The molecule has 1 heterocycles. The lowest BCUT2D eigenvalue weighted by Gasteiger charge is -2.44. The van der Waals surface area contributed by atoms with Crippen LogP contribution in [0.1, 0.15) is 37.4 Å². The minimum atomic E-state index is -0.0696. The molecule has 2 aromatic carbocycles. The highest BCUT2D eigenvalue weighted by Gasteiger charge is 2.37. The van der Waals surface area contributed by atoms with Crippen LogP contribution in [0.5, 0.6) is 0 Å². The first-order valence-corrected chi connectivity index (χ1v) is 9.12. The van der Waals surface area contributed by atoms with Crippen LogP contribution < -0.4 is 4.90 Å². The van der Waals surface area contributed by atoms with E-state index >= 15 is 0 Å². The largest absolute Gasteiger partial charge is 0.339 e. The number of nitrogens with zero attached hydrogens (tertiary/aromatic N) is 3. The highest BCUT2D eigenvalue weighted by atomic mass is 35.5. The first kappa shape index (κ1) is 18.4. The Bertz CT molecular complexity index is 894. The van der Waals surface area contributed by atoms with Gasteiger partial charge in [0, 0.05) is 12.5 Å². The summed E-state index contributed by atoms with van der Waals surface area (Å²) in [5.74, 6) is -0.0696. The van der Waals surface area contributed by atoms with Crippen molar-refractivity contribution in [2.75, 3.05) is 4.90 Å². The van der Waals surface area contributed by atoms with Crippen molar-refractivity contribution in [3.63, 3.8) is 0 Å². The van der Waals surface area contributed by atoms with E-state index in [9.17, 15) is 4.79 Å². The zero-order chi connectivity index (χ0) is 18.8. The molecule has 1 fully saturated rings. The molecule has 0 saturated carbocycles. The molecule has 1 saturated heterocycles. The minimum absolute atomic E-state index is 0.00434. The summed E-state index contributed by atoms with van der Waals surface area (Å²) in [6.07, 6.45) is 0.356. The first-order chi connectivity index (χ1) is 12.4. The Morgan fingerprint density at radius 2 is 1.96 bits per heavy atom. The molecule has 3 rings (SSSR count). The summed E-state index contributed by atoms with van der Waals surface area (Å²) in [6.45, 7) is 4.09. The van der Waals surface area contributed by atoms with E-state index in [1.54, 1.807) is 18.2 Å². The highest BCUT2D eigenvalue weighted by Crippen LogP contribution is 2.33. The molecule has 0 radical (unpaired) electrons. The van der Waals surface area contributed by atoms with Crippen molar-refractivity contribution in [2.24, 2.45) is 0 Å². The molecule has 2 aromatic rings. The number of benzene rings is 2. The summed E-state index contributed by atoms with van der Waals surface area (Å²) in [7, 11) is 0. The smallest absolute Gasteiger partial charge is 0.235 e. The highest BCUT2D eigenvalue weighted by molar-refractivity contribution is 7.80. The van der Waals surface area contributed by atoms with Crippen LogP contribution in [-0.4, -0.2) is 22.0 Å². The minimum Gasteiger partial charge on any atom is -0.339 e. The van der Waals surface area contributed by atoms with Crippen molar-refractivity contribution in [2.45, 2.75) is 32.4 Å². The average Bonchev–Trinajstić information content (AvgIpc) is 2.62. The number of carbonyl (C=O) groups is 1. The Balaban J connectivity index is 1.97. The first-order valence-electron chi connectivity index (χ1n) is 8.34. The van der Waals surface area contributed by atoms with E-state index in [2.05, 4.69) is 24.0 Å². The van der Waals surface area contributed by atoms with Crippen LogP contribution in [-0.2, 0) is 4.79 Å². The van der Waals surface area contributed by atoms with Gasteiger partial charge in [-0.05, 0) is 49.8 Å². The molecule has 2 atom stereocenters. The van der Waals surface area contributed by atoms with Crippen LogP contribution in [0.3, 0.4) is 0 Å². The lowest BCUT2D eigenvalue weighted by Crippen LogP contribution is -2.56. The van der Waals surface area contributed by atoms with E-state index < -0.39 is 0 Å². The van der Waals surface area contributed by atoms with Crippen LogP contribution in [0, 0.1) is 11.3 Å². The number of carbonyl (C=O) groups excluding carboxylic acids is 1. The molecule has 26 heavy (non-hydrogen) atoms. The third kappa shape index (κ3) is 3.31. The van der Waals surface area contributed by atoms with Crippen molar-refractivity contribution in [3.05, 3.63) is 64.7 Å². The number of hydrogen-bond donors (Lipinski definition) is 0. The predicted molar refractivity (Wildman–Crippen MR) is 107 cm³/mol. The van der Waals surface area contributed by atoms with Crippen molar-refractivity contribution in [1.82, 2.24) is 4.90 Å². The number of nitriles is 1. The fraction of sp³-hybridized carbons (Fsp3) is 0.250. The van der Waals surface area contributed by atoms with Gasteiger partial charge in [0.05, 0.1) is 22.3 Å². The summed E-state index contributed by atoms with van der Waals surface area (Å²) in [4.78, 5) is 16.3. The fourth-order valence-electron chi connectivity index (χ4n) is 3.28. The summed E-state index contributed by atoms with van der Waals surface area (Å²) in [5.41, 5.74) is 2.09. The van der Waals surface area contributed by atoms with E-state index in [1.165, 1.54) is 4.90 Å². The van der Waals surface area contributed by atoms with Gasteiger partial charge in [-0.25, -0.2) is 0 Å². The quantitative estimate of drug-likeness (QED) is 0.721. The van der Waals surface area contributed by atoms with Crippen molar-refractivity contribution >= 4 is 40.5 Å². The van der Waals surface area contributed by atoms with Crippen molar-refractivity contribution in [1.29, 1.82) is 5.26 Å². The van der Waals surface area contributed by atoms with Gasteiger partial charge in [-0.15, -0.1) is 0 Å². The molecule has 0 unspecified atom stereocenters. The SMILES string of the molecule is C[C@@H]1CC(=O)N(c2ccc(C#N)c(Cl)c2)C(=S)N1[C@H](C)c1ccccc1. The van der Waals surface area contributed by atoms with Gasteiger partial charge < -0.3 is 4.90 Å². The zero-order valence-corrected chi connectivity index (χ0v) is 16.1. The third-order valence-corrected chi connectivity index (χ3v) is 5.34. The summed E-state index contributed by atoms with van der Waals surface area (Å²) in [6, 6.07) is 17.1. The second-order valence-corrected chi connectivity index (χ2v) is 7.11. The average molecular weight is 384 g/mol. The number of thiocarbonyl (C=S) groups is 1. The van der Waals surface area contributed by atoms with E-state index in [4.69, 9.17) is 29.1 Å². The molecule has 0 bridgehead atoms. The summed E-state index contributed by atoms with van der Waals surface area (Å²) in [5, 5.41) is 9.81. The lowest BCUT2D eigenvalue weighted by molar-refractivity contribution is -0.119. The third-order valence-electron chi connectivity index (χ3n) is 4.64. The van der Waals surface area contributed by atoms with Gasteiger partial charge in [0.2, 0.25) is 5.91 Å². The fourth-order valence-corrected chi connectivity index (χ4v) is 4.04. The van der Waals surface area contributed by atoms with Gasteiger partial charge in [0.25, 0.3) is 0 Å². The molecule has 0 N–H and O–H groups in total. The predicted octanol–water partition coefficient (Wildman–Crippen LogP) is 4.68. The van der Waals surface area contributed by atoms with Crippen molar-refractivity contribution in [3.8, 4) is 6.07 Å². The number of halogens is 1. The molecule has 1 aliphatic rings. The number of amides is 1. The maximum atomic E-state index is 12.7. The molecule has 1 amide bonds. The number of anilines is 1. The second-order valence-electron chi connectivity index (χ2n) is 6.33. The zero-order valence-electron chi connectivity index (χ0n) is 14.5. The maximum absolute atomic E-state index is 12.7. The molecule has 0 spiro atoms. The Hall–Kier alpha value is -2.42. The molecule has 6 heteroatoms. The Morgan fingerprint density at radius 1 is 1.27 bits per heavy atom. The lowest BCUT2D eigenvalue weighted by atomic mass is 10.0. The molecule has 4 nitrogen and oxygen atoms in total. The standard InChI is InChI=1S/C20H18ClN3OS/c1-13-10-19(25)24(17-9-8-16(12-22)18(21)11-17)20(26)23(13)14(2)15-6-4-3-5-7-15/h3-9,11,13-14H,10H2,1-2H3/t13-,14-/m1/s1. The van der Waals surface area contributed by atoms with E-state index in [1.807, 2.05) is 31.2 Å². The van der Waals surface area contributed by atoms with Crippen LogP contribution in [0.4, 0.5) is 5.69 Å². The van der Waals surface area contributed by atoms with E-state index in [0.29, 0.717) is 27.8 Å². The molecule has 0 aromatic heterocycles. The van der Waals surface area contributed by atoms with Gasteiger partial charge in [0.15, 0.2) is 5.11 Å². The van der Waals surface area contributed by atoms with Gasteiger partial charge >= 0.3 is 0 Å². The topological polar surface area (TPSA) is 47.3 Å². The molecular weight excluding hydrogens is 366 g/mol.